The number of fused-ring (bicyclic) bond motifs is 1. The van der Waals surface area contributed by atoms with Crippen molar-refractivity contribution in [1.82, 2.24) is 9.88 Å². The van der Waals surface area contributed by atoms with Crippen molar-refractivity contribution in [2.75, 3.05) is 32.6 Å². The second-order valence-electron chi connectivity index (χ2n) is 5.50. The highest BCUT2D eigenvalue weighted by Crippen LogP contribution is 2.22. The van der Waals surface area contributed by atoms with E-state index in [0.29, 0.717) is 6.04 Å². The van der Waals surface area contributed by atoms with Gasteiger partial charge in [-0.25, -0.2) is 4.98 Å². The van der Waals surface area contributed by atoms with Gasteiger partial charge >= 0.3 is 0 Å². The van der Waals surface area contributed by atoms with Gasteiger partial charge in [-0.05, 0) is 26.0 Å². The molecule has 0 saturated carbocycles. The van der Waals surface area contributed by atoms with Crippen molar-refractivity contribution < 1.29 is 4.74 Å². The van der Waals surface area contributed by atoms with Crippen molar-refractivity contribution in [3.05, 3.63) is 35.9 Å². The first-order valence-electron chi connectivity index (χ1n) is 7.45. The molecular weight excluding hydrogens is 262 g/mol. The Kier molecular flexibility index (Phi) is 5.53. The van der Waals surface area contributed by atoms with Crippen molar-refractivity contribution in [3.8, 4) is 0 Å². The minimum atomic E-state index is 0.469. The number of hydrogen-bond donors (Lipinski definition) is 1. The van der Waals surface area contributed by atoms with Gasteiger partial charge in [-0.15, -0.1) is 0 Å². The molecule has 0 amide bonds. The van der Waals surface area contributed by atoms with Crippen LogP contribution in [-0.4, -0.2) is 43.2 Å². The number of nitrogens with one attached hydrogen (secondary N) is 1. The van der Waals surface area contributed by atoms with Gasteiger partial charge in [0.1, 0.15) is 5.82 Å². The molecule has 1 aromatic heterocycles. The molecule has 0 aliphatic carbocycles. The zero-order chi connectivity index (χ0) is 15.2. The van der Waals surface area contributed by atoms with E-state index in [9.17, 15) is 0 Å². The molecule has 1 heterocycles. The summed E-state index contributed by atoms with van der Waals surface area (Å²) < 4.78 is 5.21. The third kappa shape index (κ3) is 3.93. The number of benzene rings is 1. The average Bonchev–Trinajstić information content (AvgIpc) is 2.50. The van der Waals surface area contributed by atoms with Crippen LogP contribution in [0, 0.1) is 0 Å². The molecule has 0 spiro atoms. The second-order valence-corrected chi connectivity index (χ2v) is 5.50. The Hall–Kier alpha value is -1.65. The highest BCUT2D eigenvalue weighted by molar-refractivity contribution is 5.81. The lowest BCUT2D eigenvalue weighted by molar-refractivity contribution is 0.125. The Morgan fingerprint density at radius 1 is 1.29 bits per heavy atom. The second kappa shape index (κ2) is 7.38. The number of rotatable bonds is 7. The van der Waals surface area contributed by atoms with Crippen LogP contribution in [0.3, 0.4) is 0 Å². The third-order valence-electron chi connectivity index (χ3n) is 3.73. The topological polar surface area (TPSA) is 37.4 Å². The first kappa shape index (κ1) is 15.7. The quantitative estimate of drug-likeness (QED) is 0.849. The fourth-order valence-corrected chi connectivity index (χ4v) is 2.44. The summed E-state index contributed by atoms with van der Waals surface area (Å²) >= 11 is 0. The maximum absolute atomic E-state index is 5.21. The molecule has 4 nitrogen and oxygen atoms in total. The van der Waals surface area contributed by atoms with Gasteiger partial charge in [-0.3, -0.25) is 4.90 Å². The Morgan fingerprint density at radius 2 is 2.05 bits per heavy atom. The zero-order valence-electron chi connectivity index (χ0n) is 13.4. The molecule has 21 heavy (non-hydrogen) atoms. The molecule has 0 atom stereocenters. The normalized spacial score (nSPS) is 11.5. The summed E-state index contributed by atoms with van der Waals surface area (Å²) in [5.41, 5.74) is 2.25. The van der Waals surface area contributed by atoms with E-state index in [1.807, 2.05) is 19.2 Å². The molecule has 2 rings (SSSR count). The van der Waals surface area contributed by atoms with Crippen LogP contribution in [0.4, 0.5) is 5.82 Å². The lowest BCUT2D eigenvalue weighted by Gasteiger charge is -2.27. The first-order valence-corrected chi connectivity index (χ1v) is 7.45. The van der Waals surface area contributed by atoms with E-state index in [4.69, 9.17) is 9.72 Å². The number of hydrogen-bond acceptors (Lipinski definition) is 4. The summed E-state index contributed by atoms with van der Waals surface area (Å²) in [6.45, 7) is 6.96. The summed E-state index contributed by atoms with van der Waals surface area (Å²) in [7, 11) is 3.67. The van der Waals surface area contributed by atoms with Crippen LogP contribution in [0.25, 0.3) is 10.9 Å². The smallest absolute Gasteiger partial charge is 0.130 e. The predicted octanol–water partition coefficient (Wildman–Crippen LogP) is 3.13. The van der Waals surface area contributed by atoms with Gasteiger partial charge in [0.05, 0.1) is 12.1 Å². The summed E-state index contributed by atoms with van der Waals surface area (Å²) in [4.78, 5) is 7.12. The standard InChI is InChI=1S/C17H25N3O/c1-13(2)20(9-10-21-4)12-15-11-14-7-5-6-8-16(14)19-17(15)18-3/h5-8,11,13H,9-10,12H2,1-4H3,(H,18,19). The zero-order valence-corrected chi connectivity index (χ0v) is 13.4. The monoisotopic (exact) mass is 287 g/mol. The molecule has 0 radical (unpaired) electrons. The Balaban J connectivity index is 2.30. The average molecular weight is 287 g/mol. The van der Waals surface area contributed by atoms with Crippen LogP contribution >= 0.6 is 0 Å². The van der Waals surface area contributed by atoms with Gasteiger partial charge in [-0.1, -0.05) is 18.2 Å². The number of nitrogens with zero attached hydrogens (tertiary/aromatic N) is 2. The Morgan fingerprint density at radius 3 is 2.71 bits per heavy atom. The highest BCUT2D eigenvalue weighted by atomic mass is 16.5. The van der Waals surface area contributed by atoms with Crippen LogP contribution < -0.4 is 5.32 Å². The molecule has 114 valence electrons. The van der Waals surface area contributed by atoms with E-state index >= 15 is 0 Å². The largest absolute Gasteiger partial charge is 0.383 e. The molecule has 0 unspecified atom stereocenters. The van der Waals surface area contributed by atoms with Crippen LogP contribution in [0.5, 0.6) is 0 Å². The first-order chi connectivity index (χ1) is 10.2. The molecule has 0 aliphatic rings. The number of pyridine rings is 1. The molecule has 0 fully saturated rings. The van der Waals surface area contributed by atoms with Gasteiger partial charge in [-0.2, -0.15) is 0 Å². The van der Waals surface area contributed by atoms with Crippen molar-refractivity contribution in [2.24, 2.45) is 0 Å². The minimum absolute atomic E-state index is 0.469. The molecule has 1 N–H and O–H groups in total. The van der Waals surface area contributed by atoms with E-state index < -0.39 is 0 Å². The SMILES string of the molecule is CNc1nc2ccccc2cc1CN(CCOC)C(C)C. The molecule has 2 aromatic rings. The lowest BCUT2D eigenvalue weighted by Crippen LogP contribution is -2.33. The van der Waals surface area contributed by atoms with Gasteiger partial charge in [0.25, 0.3) is 0 Å². The lowest BCUT2D eigenvalue weighted by atomic mass is 10.1. The van der Waals surface area contributed by atoms with Crippen LogP contribution in [0.2, 0.25) is 0 Å². The Bertz CT molecular complexity index is 583. The van der Waals surface area contributed by atoms with Gasteiger partial charge in [0.2, 0.25) is 0 Å². The predicted molar refractivity (Wildman–Crippen MR) is 88.7 cm³/mol. The number of anilines is 1. The molecule has 0 saturated heterocycles. The van der Waals surface area contributed by atoms with Gasteiger partial charge < -0.3 is 10.1 Å². The van der Waals surface area contributed by atoms with E-state index in [1.54, 1.807) is 7.11 Å². The van der Waals surface area contributed by atoms with Crippen molar-refractivity contribution in [1.29, 1.82) is 0 Å². The van der Waals surface area contributed by atoms with Crippen molar-refractivity contribution >= 4 is 16.7 Å². The van der Waals surface area contributed by atoms with Crippen LogP contribution in [0.15, 0.2) is 30.3 Å². The molecule has 0 bridgehead atoms. The van der Waals surface area contributed by atoms with Crippen LogP contribution in [-0.2, 0) is 11.3 Å². The van der Waals surface area contributed by atoms with Crippen molar-refractivity contribution in [3.63, 3.8) is 0 Å². The fraction of sp³-hybridized carbons (Fsp3) is 0.471. The third-order valence-corrected chi connectivity index (χ3v) is 3.73. The van der Waals surface area contributed by atoms with E-state index in [2.05, 4.69) is 42.3 Å². The molecule has 0 aliphatic heterocycles. The number of aromatic nitrogens is 1. The fourth-order valence-electron chi connectivity index (χ4n) is 2.44. The van der Waals surface area contributed by atoms with E-state index in [0.717, 1.165) is 31.0 Å². The minimum Gasteiger partial charge on any atom is -0.383 e. The van der Waals surface area contributed by atoms with E-state index in [-0.39, 0.29) is 0 Å². The van der Waals surface area contributed by atoms with E-state index in [1.165, 1.54) is 10.9 Å². The van der Waals surface area contributed by atoms with Crippen LogP contribution in [0.1, 0.15) is 19.4 Å². The summed E-state index contributed by atoms with van der Waals surface area (Å²) in [5.74, 6) is 0.955. The number of para-hydroxylation sites is 1. The maximum atomic E-state index is 5.21. The summed E-state index contributed by atoms with van der Waals surface area (Å²) in [6.07, 6.45) is 0. The Labute approximate surface area is 127 Å². The molecule has 4 heteroatoms. The van der Waals surface area contributed by atoms with Gasteiger partial charge in [0.15, 0.2) is 0 Å². The highest BCUT2D eigenvalue weighted by Gasteiger charge is 2.13. The van der Waals surface area contributed by atoms with Crippen molar-refractivity contribution in [2.45, 2.75) is 26.4 Å². The maximum Gasteiger partial charge on any atom is 0.130 e. The van der Waals surface area contributed by atoms with Gasteiger partial charge in [0, 0.05) is 44.2 Å². The number of ether oxygens (including phenoxy) is 1. The molecular formula is C17H25N3O. The summed E-state index contributed by atoms with van der Waals surface area (Å²) in [5, 5.41) is 4.40. The number of methoxy groups -OCH3 is 1. The molecule has 1 aromatic carbocycles. The summed E-state index contributed by atoms with van der Waals surface area (Å²) in [6, 6.07) is 10.9.